The smallest absolute Gasteiger partial charge is 0.415 e. The van der Waals surface area contributed by atoms with Gasteiger partial charge in [0.05, 0.1) is 25.0 Å². The van der Waals surface area contributed by atoms with Crippen molar-refractivity contribution < 1.29 is 9.53 Å². The molecule has 5 rings (SSSR count). The third-order valence-electron chi connectivity index (χ3n) is 6.74. The Morgan fingerprint density at radius 2 is 2.11 bits per heavy atom. The molecule has 2 N–H and O–H groups in total. The van der Waals surface area contributed by atoms with Gasteiger partial charge >= 0.3 is 6.09 Å². The van der Waals surface area contributed by atoms with Crippen LogP contribution in [0.4, 0.5) is 22.1 Å². The number of piperidine rings is 1. The topological polar surface area (TPSA) is 106 Å². The van der Waals surface area contributed by atoms with Crippen LogP contribution in [0.1, 0.15) is 42.9 Å². The number of carbonyl (C=O) groups is 1. The van der Waals surface area contributed by atoms with Crippen LogP contribution in [0.25, 0.3) is 0 Å². The first-order chi connectivity index (χ1) is 17.0. The van der Waals surface area contributed by atoms with Gasteiger partial charge in [-0.1, -0.05) is 18.7 Å². The van der Waals surface area contributed by atoms with E-state index in [-0.39, 0.29) is 11.8 Å². The van der Waals surface area contributed by atoms with Crippen LogP contribution >= 0.6 is 0 Å². The van der Waals surface area contributed by atoms with Crippen LogP contribution in [0, 0.1) is 11.3 Å². The fourth-order valence-corrected chi connectivity index (χ4v) is 4.81. The highest BCUT2D eigenvalue weighted by Crippen LogP contribution is 2.41. The number of nitriles is 1. The van der Waals surface area contributed by atoms with Crippen molar-refractivity contribution in [3.8, 4) is 6.07 Å². The average molecular weight is 472 g/mol. The van der Waals surface area contributed by atoms with Crippen LogP contribution in [-0.4, -0.2) is 48.3 Å². The summed E-state index contributed by atoms with van der Waals surface area (Å²) in [6.45, 7) is 5.54. The molecule has 3 fully saturated rings. The van der Waals surface area contributed by atoms with Gasteiger partial charge in [0.1, 0.15) is 17.5 Å². The minimum atomic E-state index is -0.619. The fraction of sp³-hybridized carbons (Fsp3) is 0.385. The molecule has 180 valence electrons. The summed E-state index contributed by atoms with van der Waals surface area (Å²) < 4.78 is 5.99. The number of anilines is 3. The van der Waals surface area contributed by atoms with Gasteiger partial charge in [-0.2, -0.15) is 5.26 Å². The molecule has 2 aliphatic heterocycles. The molecular formula is C26H29N7O2. The molecule has 0 bridgehead atoms. The molecule has 35 heavy (non-hydrogen) atoms. The molecule has 0 radical (unpaired) electrons. The summed E-state index contributed by atoms with van der Waals surface area (Å²) in [4.78, 5) is 25.7. The lowest BCUT2D eigenvalue weighted by Crippen LogP contribution is -2.51. The molecule has 9 heteroatoms. The lowest BCUT2D eigenvalue weighted by molar-refractivity contribution is 0.0445. The van der Waals surface area contributed by atoms with Crippen LogP contribution in [0.3, 0.4) is 0 Å². The Balaban J connectivity index is 1.34. The predicted octanol–water partition coefficient (Wildman–Crippen LogP) is 3.88. The maximum atomic E-state index is 12.9. The summed E-state index contributed by atoms with van der Waals surface area (Å²) in [6, 6.07) is 10.4. The normalized spacial score (nSPS) is 22.1. The number of carbonyl (C=O) groups excluding carboxylic acids is 1. The number of hydrogen-bond donors (Lipinski definition) is 2. The van der Waals surface area contributed by atoms with E-state index in [2.05, 4.69) is 50.3 Å². The van der Waals surface area contributed by atoms with E-state index in [0.29, 0.717) is 36.3 Å². The SMILES string of the molecule is C=C/C(=C\NC)Nc1nc(N2CCCC3(C2)CN(c2ccc(C4CC4)cc2)C(=O)O3)cnc1C#N. The first-order valence-electron chi connectivity index (χ1n) is 11.9. The summed E-state index contributed by atoms with van der Waals surface area (Å²) >= 11 is 0. The summed E-state index contributed by atoms with van der Waals surface area (Å²) in [5.41, 5.74) is 2.45. The van der Waals surface area contributed by atoms with Crippen molar-refractivity contribution in [2.45, 2.75) is 37.2 Å². The Morgan fingerprint density at radius 3 is 2.80 bits per heavy atom. The zero-order valence-electron chi connectivity index (χ0n) is 19.8. The predicted molar refractivity (Wildman–Crippen MR) is 134 cm³/mol. The highest BCUT2D eigenvalue weighted by Gasteiger charge is 2.48. The molecule has 1 aromatic carbocycles. The van der Waals surface area contributed by atoms with E-state index in [4.69, 9.17) is 4.74 Å². The lowest BCUT2D eigenvalue weighted by Gasteiger charge is -2.39. The monoisotopic (exact) mass is 471 g/mol. The maximum Gasteiger partial charge on any atom is 0.415 e. The van der Waals surface area contributed by atoms with Crippen molar-refractivity contribution in [1.29, 1.82) is 5.26 Å². The average Bonchev–Trinajstić information content (AvgIpc) is 3.68. The quantitative estimate of drug-likeness (QED) is 0.586. The van der Waals surface area contributed by atoms with Crippen molar-refractivity contribution in [2.75, 3.05) is 41.8 Å². The molecule has 1 spiro atoms. The minimum Gasteiger partial charge on any atom is -0.439 e. The van der Waals surface area contributed by atoms with Gasteiger partial charge in [-0.05, 0) is 55.4 Å². The zero-order valence-corrected chi connectivity index (χ0v) is 19.8. The van der Waals surface area contributed by atoms with Gasteiger partial charge in [0.25, 0.3) is 0 Å². The molecule has 1 saturated carbocycles. The second kappa shape index (κ2) is 9.29. The third kappa shape index (κ3) is 4.64. The number of amides is 1. The Kier molecular flexibility index (Phi) is 6.03. The molecule has 3 heterocycles. The van der Waals surface area contributed by atoms with Gasteiger partial charge in [0.2, 0.25) is 0 Å². The summed E-state index contributed by atoms with van der Waals surface area (Å²) in [5.74, 6) is 1.66. The van der Waals surface area contributed by atoms with Gasteiger partial charge in [-0.25, -0.2) is 14.8 Å². The van der Waals surface area contributed by atoms with E-state index in [1.54, 1.807) is 30.4 Å². The van der Waals surface area contributed by atoms with Crippen molar-refractivity contribution in [3.63, 3.8) is 0 Å². The highest BCUT2D eigenvalue weighted by molar-refractivity contribution is 5.90. The molecule has 1 amide bonds. The molecule has 1 aromatic heterocycles. The molecule has 3 aliphatic rings. The molecule has 2 aromatic rings. The van der Waals surface area contributed by atoms with Crippen molar-refractivity contribution >= 4 is 23.4 Å². The summed E-state index contributed by atoms with van der Waals surface area (Å²) in [7, 11) is 1.78. The van der Waals surface area contributed by atoms with Crippen molar-refractivity contribution in [2.24, 2.45) is 0 Å². The van der Waals surface area contributed by atoms with Crippen LogP contribution in [0.5, 0.6) is 0 Å². The Bertz CT molecular complexity index is 1200. The zero-order chi connectivity index (χ0) is 24.4. The molecule has 1 aliphatic carbocycles. The number of ether oxygens (including phenoxy) is 1. The summed E-state index contributed by atoms with van der Waals surface area (Å²) in [5, 5.41) is 15.5. The second-order valence-electron chi connectivity index (χ2n) is 9.28. The second-order valence-corrected chi connectivity index (χ2v) is 9.28. The molecule has 2 saturated heterocycles. The Labute approximate surface area is 205 Å². The van der Waals surface area contributed by atoms with Crippen molar-refractivity contribution in [3.05, 3.63) is 66.3 Å². The van der Waals surface area contributed by atoms with E-state index >= 15 is 0 Å². The van der Waals surface area contributed by atoms with E-state index in [1.165, 1.54) is 18.4 Å². The van der Waals surface area contributed by atoms with Crippen LogP contribution in [0.15, 0.2) is 55.0 Å². The molecule has 1 unspecified atom stereocenters. The maximum absolute atomic E-state index is 12.9. The minimum absolute atomic E-state index is 0.192. The van der Waals surface area contributed by atoms with Gasteiger partial charge < -0.3 is 20.3 Å². The van der Waals surface area contributed by atoms with Gasteiger partial charge in [0, 0.05) is 25.5 Å². The van der Waals surface area contributed by atoms with E-state index in [0.717, 1.165) is 25.1 Å². The molecule has 9 nitrogen and oxygen atoms in total. The lowest BCUT2D eigenvalue weighted by atomic mass is 9.92. The number of nitrogens with one attached hydrogen (secondary N) is 2. The Morgan fingerprint density at radius 1 is 1.31 bits per heavy atom. The highest BCUT2D eigenvalue weighted by atomic mass is 16.6. The van der Waals surface area contributed by atoms with Crippen LogP contribution in [0.2, 0.25) is 0 Å². The largest absolute Gasteiger partial charge is 0.439 e. The fourth-order valence-electron chi connectivity index (χ4n) is 4.81. The molecule has 1 atom stereocenters. The summed E-state index contributed by atoms with van der Waals surface area (Å²) in [6.07, 6.45) is 8.78. The van der Waals surface area contributed by atoms with E-state index in [9.17, 15) is 10.1 Å². The van der Waals surface area contributed by atoms with Gasteiger partial charge in [0.15, 0.2) is 11.5 Å². The molecular weight excluding hydrogens is 442 g/mol. The van der Waals surface area contributed by atoms with Gasteiger partial charge in [-0.3, -0.25) is 4.90 Å². The van der Waals surface area contributed by atoms with Crippen molar-refractivity contribution in [1.82, 2.24) is 15.3 Å². The standard InChI is InChI=1S/C26H29N7O2/c1-3-20(14-28-2)30-24-22(13-27)29-15-23(31-24)32-12-4-11-26(16-32)17-33(25(34)35-26)21-9-7-19(8-10-21)18-5-6-18/h3,7-10,14-15,18,28H,1,4-6,11-12,16-17H2,2H3,(H,30,31)/b20-14+. The third-order valence-corrected chi connectivity index (χ3v) is 6.74. The van der Waals surface area contributed by atoms with Crippen LogP contribution < -0.4 is 20.4 Å². The number of allylic oxidation sites excluding steroid dienone is 1. The number of benzene rings is 1. The number of aromatic nitrogens is 2. The first-order valence-corrected chi connectivity index (χ1v) is 11.9. The first kappa shape index (κ1) is 22.7. The van der Waals surface area contributed by atoms with E-state index < -0.39 is 5.60 Å². The van der Waals surface area contributed by atoms with E-state index in [1.807, 2.05) is 12.1 Å². The Hall–Kier alpha value is -4.06. The number of nitrogens with zero attached hydrogens (tertiary/aromatic N) is 5. The number of rotatable bonds is 7. The van der Waals surface area contributed by atoms with Gasteiger partial charge in [-0.15, -0.1) is 0 Å². The number of hydrogen-bond acceptors (Lipinski definition) is 8. The van der Waals surface area contributed by atoms with Crippen LogP contribution in [-0.2, 0) is 4.74 Å².